The molecule has 1 aliphatic heterocycles. The van der Waals surface area contributed by atoms with Crippen molar-refractivity contribution in [2.45, 2.75) is 24.5 Å². The number of carbonyl (C=O) groups excluding carboxylic acids is 1. The first-order valence-corrected chi connectivity index (χ1v) is 7.30. The van der Waals surface area contributed by atoms with Crippen LogP contribution in [0.4, 0.5) is 14.5 Å². The number of nitrogens with one attached hydrogen (secondary N) is 1. The third-order valence-corrected chi connectivity index (χ3v) is 4.92. The van der Waals surface area contributed by atoms with Crippen molar-refractivity contribution in [3.63, 3.8) is 0 Å². The van der Waals surface area contributed by atoms with Crippen molar-refractivity contribution >= 4 is 39.3 Å². The van der Waals surface area contributed by atoms with Gasteiger partial charge in [0.15, 0.2) is 11.6 Å². The fourth-order valence-electron chi connectivity index (χ4n) is 1.87. The number of halogens is 3. The van der Waals surface area contributed by atoms with Crippen LogP contribution in [-0.2, 0) is 4.79 Å². The summed E-state index contributed by atoms with van der Waals surface area (Å²) in [4.78, 5) is 12.0. The first-order chi connectivity index (χ1) is 8.42. The Kier molecular flexibility index (Phi) is 3.96. The van der Waals surface area contributed by atoms with Crippen molar-refractivity contribution in [2.24, 2.45) is 0 Å². The molecular weight excluding hydrogens is 324 g/mol. The van der Waals surface area contributed by atoms with Gasteiger partial charge in [-0.15, -0.1) is 11.8 Å². The molecule has 98 valence electrons. The van der Waals surface area contributed by atoms with Crippen molar-refractivity contribution < 1.29 is 13.6 Å². The summed E-state index contributed by atoms with van der Waals surface area (Å²) < 4.78 is 26.9. The van der Waals surface area contributed by atoms with Gasteiger partial charge in [-0.2, -0.15) is 0 Å². The van der Waals surface area contributed by atoms with Crippen LogP contribution in [0.25, 0.3) is 0 Å². The van der Waals surface area contributed by atoms with Gasteiger partial charge in [-0.1, -0.05) is 15.9 Å². The maximum absolute atomic E-state index is 13.6. The zero-order valence-electron chi connectivity index (χ0n) is 9.73. The zero-order valence-corrected chi connectivity index (χ0v) is 12.1. The quantitative estimate of drug-likeness (QED) is 0.886. The number of benzene rings is 1. The molecule has 1 saturated heterocycles. The van der Waals surface area contributed by atoms with Gasteiger partial charge >= 0.3 is 0 Å². The maximum Gasteiger partial charge on any atom is 0.240 e. The summed E-state index contributed by atoms with van der Waals surface area (Å²) in [5, 5.41) is 2.36. The minimum Gasteiger partial charge on any atom is -0.320 e. The Bertz CT molecular complexity index is 466. The molecule has 0 aromatic heterocycles. The Morgan fingerprint density at radius 1 is 1.44 bits per heavy atom. The second-order valence-corrected chi connectivity index (χ2v) is 6.90. The largest absolute Gasteiger partial charge is 0.320 e. The van der Waals surface area contributed by atoms with Crippen molar-refractivity contribution in [1.29, 1.82) is 0 Å². The Morgan fingerprint density at radius 3 is 2.56 bits per heavy atom. The third kappa shape index (κ3) is 2.69. The number of anilines is 1. The van der Waals surface area contributed by atoms with Crippen LogP contribution in [0, 0.1) is 11.6 Å². The van der Waals surface area contributed by atoms with Gasteiger partial charge in [0, 0.05) is 4.47 Å². The van der Waals surface area contributed by atoms with Crippen molar-refractivity contribution in [3.8, 4) is 0 Å². The summed E-state index contributed by atoms with van der Waals surface area (Å²) in [5.74, 6) is -0.997. The van der Waals surface area contributed by atoms with E-state index in [9.17, 15) is 13.6 Å². The minimum absolute atomic E-state index is 0.303. The molecule has 1 unspecified atom stereocenters. The monoisotopic (exact) mass is 335 g/mol. The number of amides is 1. The van der Waals surface area contributed by atoms with E-state index in [2.05, 4.69) is 21.2 Å². The fourth-order valence-corrected chi connectivity index (χ4v) is 3.48. The molecule has 1 aliphatic rings. The molecule has 1 atom stereocenters. The van der Waals surface area contributed by atoms with Gasteiger partial charge in [-0.25, -0.2) is 8.78 Å². The normalized spacial score (nSPS) is 23.1. The predicted octanol–water partition coefficient (Wildman–Crippen LogP) is 3.95. The van der Waals surface area contributed by atoms with Gasteiger partial charge in [0.2, 0.25) is 5.91 Å². The minimum atomic E-state index is -0.776. The summed E-state index contributed by atoms with van der Waals surface area (Å²) in [6.45, 7) is 1.80. The molecule has 0 spiro atoms. The zero-order chi connectivity index (χ0) is 13.3. The highest BCUT2D eigenvalue weighted by Crippen LogP contribution is 2.39. The van der Waals surface area contributed by atoms with Crippen LogP contribution in [0.1, 0.15) is 19.8 Å². The molecule has 1 N–H and O–H groups in total. The average Bonchev–Trinajstić information content (AvgIpc) is 2.71. The van der Waals surface area contributed by atoms with Crippen LogP contribution in [0.2, 0.25) is 0 Å². The molecule has 0 aliphatic carbocycles. The molecule has 2 nitrogen and oxygen atoms in total. The fraction of sp³-hybridized carbons (Fsp3) is 0.417. The van der Waals surface area contributed by atoms with E-state index in [1.807, 2.05) is 0 Å². The van der Waals surface area contributed by atoms with E-state index in [0.29, 0.717) is 4.47 Å². The summed E-state index contributed by atoms with van der Waals surface area (Å²) in [7, 11) is 0. The molecular formula is C12H12BrF2NOS. The van der Waals surface area contributed by atoms with Gasteiger partial charge in [0.25, 0.3) is 0 Å². The van der Waals surface area contributed by atoms with E-state index in [1.165, 1.54) is 11.8 Å². The highest BCUT2D eigenvalue weighted by Gasteiger charge is 2.37. The van der Waals surface area contributed by atoms with Gasteiger partial charge in [-0.3, -0.25) is 4.79 Å². The lowest BCUT2D eigenvalue weighted by atomic mass is 10.0. The summed E-state index contributed by atoms with van der Waals surface area (Å²) in [6.07, 6.45) is 1.67. The molecule has 0 bridgehead atoms. The van der Waals surface area contributed by atoms with Gasteiger partial charge in [0.05, 0.1) is 4.75 Å². The molecule has 1 aromatic rings. The summed E-state index contributed by atoms with van der Waals surface area (Å²) >= 11 is 4.51. The predicted molar refractivity (Wildman–Crippen MR) is 72.8 cm³/mol. The van der Waals surface area contributed by atoms with E-state index in [4.69, 9.17) is 0 Å². The number of carbonyl (C=O) groups is 1. The Morgan fingerprint density at radius 2 is 2.06 bits per heavy atom. The molecule has 2 rings (SSSR count). The van der Waals surface area contributed by atoms with Crippen LogP contribution >= 0.6 is 27.7 Å². The summed E-state index contributed by atoms with van der Waals surface area (Å²) in [6, 6.07) is 2.26. The van der Waals surface area contributed by atoms with Crippen LogP contribution in [0.15, 0.2) is 16.6 Å². The Labute approximate surface area is 117 Å². The first kappa shape index (κ1) is 13.8. The topological polar surface area (TPSA) is 29.1 Å². The molecule has 6 heteroatoms. The van der Waals surface area contributed by atoms with Gasteiger partial charge in [-0.05, 0) is 37.7 Å². The van der Waals surface area contributed by atoms with E-state index in [0.717, 1.165) is 30.7 Å². The van der Waals surface area contributed by atoms with Gasteiger partial charge in [0.1, 0.15) is 5.69 Å². The molecule has 1 aromatic carbocycles. The van der Waals surface area contributed by atoms with Crippen LogP contribution < -0.4 is 5.32 Å². The molecule has 1 heterocycles. The van der Waals surface area contributed by atoms with Crippen molar-refractivity contribution in [2.75, 3.05) is 11.1 Å². The lowest BCUT2D eigenvalue weighted by Gasteiger charge is -2.21. The molecule has 0 radical (unpaired) electrons. The first-order valence-electron chi connectivity index (χ1n) is 5.52. The van der Waals surface area contributed by atoms with Crippen molar-refractivity contribution in [3.05, 3.63) is 28.2 Å². The molecule has 1 amide bonds. The van der Waals surface area contributed by atoms with E-state index in [-0.39, 0.29) is 11.6 Å². The summed E-state index contributed by atoms with van der Waals surface area (Å²) in [5.41, 5.74) is -0.378. The SMILES string of the molecule is CC1(C(=O)Nc2c(F)cc(Br)cc2F)CCCS1. The lowest BCUT2D eigenvalue weighted by Crippen LogP contribution is -2.35. The van der Waals surface area contributed by atoms with Gasteiger partial charge < -0.3 is 5.32 Å². The smallest absolute Gasteiger partial charge is 0.240 e. The lowest BCUT2D eigenvalue weighted by molar-refractivity contribution is -0.118. The van der Waals surface area contributed by atoms with Crippen LogP contribution in [0.3, 0.4) is 0 Å². The van der Waals surface area contributed by atoms with E-state index >= 15 is 0 Å². The Hall–Kier alpha value is -0.620. The highest BCUT2D eigenvalue weighted by atomic mass is 79.9. The highest BCUT2D eigenvalue weighted by molar-refractivity contribution is 9.10. The number of hydrogen-bond donors (Lipinski definition) is 1. The number of rotatable bonds is 2. The van der Waals surface area contributed by atoms with E-state index < -0.39 is 16.4 Å². The second-order valence-electron chi connectivity index (χ2n) is 4.38. The van der Waals surface area contributed by atoms with Crippen LogP contribution in [0.5, 0.6) is 0 Å². The molecule has 0 saturated carbocycles. The number of thioether (sulfide) groups is 1. The number of hydrogen-bond acceptors (Lipinski definition) is 2. The average molecular weight is 336 g/mol. The Balaban J connectivity index is 2.22. The van der Waals surface area contributed by atoms with E-state index in [1.54, 1.807) is 6.92 Å². The second kappa shape index (κ2) is 5.17. The molecule has 1 fully saturated rings. The molecule has 18 heavy (non-hydrogen) atoms. The van der Waals surface area contributed by atoms with Crippen LogP contribution in [-0.4, -0.2) is 16.4 Å². The maximum atomic E-state index is 13.6. The third-order valence-electron chi connectivity index (χ3n) is 2.94. The standard InChI is InChI=1S/C12H12BrF2NOS/c1-12(3-2-4-18-12)11(17)16-10-8(14)5-7(13)6-9(10)15/h5-6H,2-4H2,1H3,(H,16,17). The van der Waals surface area contributed by atoms with Crippen molar-refractivity contribution in [1.82, 2.24) is 0 Å².